The van der Waals surface area contributed by atoms with Gasteiger partial charge in [-0.25, -0.2) is 4.79 Å². The van der Waals surface area contributed by atoms with E-state index < -0.39 is 11.5 Å². The van der Waals surface area contributed by atoms with Crippen LogP contribution >= 0.6 is 0 Å². The molecule has 0 saturated carbocycles. The lowest BCUT2D eigenvalue weighted by molar-refractivity contribution is -0.135. The van der Waals surface area contributed by atoms with E-state index in [2.05, 4.69) is 4.74 Å². The van der Waals surface area contributed by atoms with Crippen LogP contribution in [0.2, 0.25) is 0 Å². The van der Waals surface area contributed by atoms with Crippen LogP contribution in [0.3, 0.4) is 0 Å². The Morgan fingerprint density at radius 3 is 2.27 bits per heavy atom. The van der Waals surface area contributed by atoms with Crippen molar-refractivity contribution in [2.75, 3.05) is 21.3 Å². The molecule has 0 bridgehead atoms. The third-order valence-electron chi connectivity index (χ3n) is 3.92. The fourth-order valence-electron chi connectivity index (χ4n) is 2.70. The Balaban J connectivity index is 2.30. The maximum atomic E-state index is 12.9. The molecular weight excluding hydrogens is 338 g/mol. The molecule has 3 aromatic rings. The van der Waals surface area contributed by atoms with Crippen molar-refractivity contribution in [2.24, 2.45) is 0 Å². The number of aromatic nitrogens is 1. The summed E-state index contributed by atoms with van der Waals surface area (Å²) in [5, 5.41) is 1.89. The van der Waals surface area contributed by atoms with Crippen molar-refractivity contribution in [1.82, 2.24) is 4.73 Å². The van der Waals surface area contributed by atoms with Gasteiger partial charge in [0.2, 0.25) is 0 Å². The van der Waals surface area contributed by atoms with Crippen molar-refractivity contribution in [2.45, 2.75) is 0 Å². The molecule has 0 fully saturated rings. The second-order valence-electron chi connectivity index (χ2n) is 5.30. The summed E-state index contributed by atoms with van der Waals surface area (Å²) >= 11 is 0. The number of hydrogen-bond donors (Lipinski definition) is 0. The molecule has 0 radical (unpaired) electrons. The Labute approximate surface area is 148 Å². The number of ether oxygens (including phenoxy) is 3. The van der Waals surface area contributed by atoms with Crippen LogP contribution in [-0.2, 0) is 9.53 Å². The highest BCUT2D eigenvalue weighted by molar-refractivity contribution is 6.06. The summed E-state index contributed by atoms with van der Waals surface area (Å²) in [6.45, 7) is 0. The van der Waals surface area contributed by atoms with Gasteiger partial charge in [0.15, 0.2) is 11.5 Å². The molecule has 1 aromatic heterocycles. The van der Waals surface area contributed by atoms with E-state index in [9.17, 15) is 9.59 Å². The predicted molar refractivity (Wildman–Crippen MR) is 96.6 cm³/mol. The third kappa shape index (κ3) is 2.95. The van der Waals surface area contributed by atoms with E-state index in [0.29, 0.717) is 27.8 Å². The van der Waals surface area contributed by atoms with Gasteiger partial charge in [0.25, 0.3) is 5.56 Å². The average molecular weight is 355 g/mol. The summed E-state index contributed by atoms with van der Waals surface area (Å²) in [7, 11) is 4.29. The largest absolute Gasteiger partial charge is 0.493 e. The molecule has 2 aromatic carbocycles. The lowest BCUT2D eigenvalue weighted by Gasteiger charge is -2.14. The van der Waals surface area contributed by atoms with Crippen molar-refractivity contribution < 1.29 is 23.8 Å². The molecule has 0 atom stereocenters. The minimum atomic E-state index is -0.588. The van der Waals surface area contributed by atoms with Crippen molar-refractivity contribution in [3.63, 3.8) is 0 Å². The van der Waals surface area contributed by atoms with Crippen LogP contribution in [0.25, 0.3) is 21.7 Å². The molecule has 7 heteroatoms. The Kier molecular flexibility index (Phi) is 4.79. The van der Waals surface area contributed by atoms with Gasteiger partial charge >= 0.3 is 5.97 Å². The maximum Gasteiger partial charge on any atom is 0.333 e. The molecule has 0 aliphatic carbocycles. The van der Waals surface area contributed by atoms with Gasteiger partial charge in [-0.1, -0.05) is 18.2 Å². The molecule has 134 valence electrons. The fourth-order valence-corrected chi connectivity index (χ4v) is 2.70. The van der Waals surface area contributed by atoms with Crippen LogP contribution in [-0.4, -0.2) is 32.0 Å². The molecule has 0 spiro atoms. The van der Waals surface area contributed by atoms with E-state index in [1.165, 1.54) is 21.3 Å². The number of para-hydroxylation sites is 1. The second kappa shape index (κ2) is 7.18. The summed E-state index contributed by atoms with van der Waals surface area (Å²) in [5.41, 5.74) is 0.154. The summed E-state index contributed by atoms with van der Waals surface area (Å²) < 4.78 is 16.3. The van der Waals surface area contributed by atoms with Crippen LogP contribution in [0.15, 0.2) is 53.5 Å². The van der Waals surface area contributed by atoms with Crippen molar-refractivity contribution in [3.05, 3.63) is 59.1 Å². The first kappa shape index (κ1) is 17.3. The highest BCUT2D eigenvalue weighted by Gasteiger charge is 2.15. The van der Waals surface area contributed by atoms with Gasteiger partial charge in [0.05, 0.1) is 38.3 Å². The molecule has 7 nitrogen and oxygen atoms in total. The van der Waals surface area contributed by atoms with E-state index in [1.807, 2.05) is 12.1 Å². The van der Waals surface area contributed by atoms with E-state index in [0.717, 1.165) is 22.5 Å². The van der Waals surface area contributed by atoms with Gasteiger partial charge in [-0.05, 0) is 18.2 Å². The number of fused-ring (bicyclic) bond motifs is 3. The van der Waals surface area contributed by atoms with E-state index in [1.54, 1.807) is 24.3 Å². The Morgan fingerprint density at radius 1 is 0.962 bits per heavy atom. The number of esters is 1. The van der Waals surface area contributed by atoms with Crippen LogP contribution in [0.4, 0.5) is 0 Å². The number of carbonyl (C=O) groups excluding carboxylic acids is 1. The Hall–Kier alpha value is -3.48. The molecule has 0 aliphatic rings. The van der Waals surface area contributed by atoms with Crippen LogP contribution in [0, 0.1) is 0 Å². The molecule has 0 saturated heterocycles. The highest BCUT2D eigenvalue weighted by Crippen LogP contribution is 2.33. The smallest absolute Gasteiger partial charge is 0.333 e. The SMILES string of the molecule is COC(=O)/C=C/On1c(=O)c2cc(OC)c(OC)cc2c2ccccc21. The molecule has 26 heavy (non-hydrogen) atoms. The van der Waals surface area contributed by atoms with E-state index >= 15 is 0 Å². The molecule has 3 rings (SSSR count). The monoisotopic (exact) mass is 355 g/mol. The summed E-state index contributed by atoms with van der Waals surface area (Å²) in [5.74, 6) is 0.368. The van der Waals surface area contributed by atoms with Crippen LogP contribution in [0.5, 0.6) is 11.5 Å². The molecule has 0 aliphatic heterocycles. The van der Waals surface area contributed by atoms with Crippen molar-refractivity contribution in [3.8, 4) is 11.5 Å². The first-order valence-electron chi connectivity index (χ1n) is 7.71. The number of pyridine rings is 1. The van der Waals surface area contributed by atoms with Crippen molar-refractivity contribution >= 4 is 27.6 Å². The zero-order valence-corrected chi connectivity index (χ0v) is 14.5. The number of methoxy groups -OCH3 is 3. The second-order valence-corrected chi connectivity index (χ2v) is 5.30. The molecule has 0 unspecified atom stereocenters. The normalized spacial score (nSPS) is 11.0. The molecule has 0 amide bonds. The topological polar surface area (TPSA) is 76.0 Å². The van der Waals surface area contributed by atoms with Gasteiger partial charge in [0, 0.05) is 10.8 Å². The Bertz CT molecular complexity index is 1070. The predicted octanol–water partition coefficient (Wildman–Crippen LogP) is 2.29. The highest BCUT2D eigenvalue weighted by atomic mass is 16.7. The van der Waals surface area contributed by atoms with Gasteiger partial charge in [-0.15, -0.1) is 4.73 Å². The zero-order chi connectivity index (χ0) is 18.7. The lowest BCUT2D eigenvalue weighted by Crippen LogP contribution is -2.25. The first-order valence-corrected chi connectivity index (χ1v) is 7.71. The van der Waals surface area contributed by atoms with E-state index in [4.69, 9.17) is 14.3 Å². The van der Waals surface area contributed by atoms with Crippen LogP contribution < -0.4 is 19.9 Å². The van der Waals surface area contributed by atoms with Gasteiger partial charge < -0.3 is 19.0 Å². The van der Waals surface area contributed by atoms with Gasteiger partial charge in [0.1, 0.15) is 6.26 Å². The summed E-state index contributed by atoms with van der Waals surface area (Å²) in [6.07, 6.45) is 2.19. The fraction of sp³-hybridized carbons (Fsp3) is 0.158. The first-order chi connectivity index (χ1) is 12.6. The molecule has 1 heterocycles. The Morgan fingerprint density at radius 2 is 1.62 bits per heavy atom. The average Bonchev–Trinajstić information content (AvgIpc) is 2.69. The number of benzene rings is 2. The maximum absolute atomic E-state index is 12.9. The zero-order valence-electron chi connectivity index (χ0n) is 14.5. The quantitative estimate of drug-likeness (QED) is 0.302. The minimum Gasteiger partial charge on any atom is -0.493 e. The van der Waals surface area contributed by atoms with Crippen LogP contribution in [0.1, 0.15) is 0 Å². The molecular formula is C19H17NO6. The summed E-state index contributed by atoms with van der Waals surface area (Å²) in [6, 6.07) is 10.6. The lowest BCUT2D eigenvalue weighted by atomic mass is 10.1. The molecule has 0 N–H and O–H groups in total. The minimum absolute atomic E-state index is 0.394. The standard InChI is InChI=1S/C19H17NO6/c1-23-16-10-13-12-6-4-5-7-15(12)20(26-9-8-18(21)25-3)19(22)14(13)11-17(16)24-2/h4-11H,1-3H3/b9-8+. The van der Waals surface area contributed by atoms with Crippen molar-refractivity contribution in [1.29, 1.82) is 0 Å². The number of carbonyl (C=O) groups is 1. The number of hydrogen-bond acceptors (Lipinski definition) is 6. The van der Waals surface area contributed by atoms with E-state index in [-0.39, 0.29) is 0 Å². The summed E-state index contributed by atoms with van der Waals surface area (Å²) in [4.78, 5) is 29.6. The third-order valence-corrected chi connectivity index (χ3v) is 3.92. The number of nitrogens with zero attached hydrogens (tertiary/aromatic N) is 1. The van der Waals surface area contributed by atoms with Gasteiger partial charge in [-0.2, -0.15) is 0 Å². The van der Waals surface area contributed by atoms with Gasteiger partial charge in [-0.3, -0.25) is 4.79 Å². The number of rotatable bonds is 5.